The Labute approximate surface area is 256 Å². The van der Waals surface area contributed by atoms with Crippen molar-refractivity contribution in [1.29, 1.82) is 0 Å². The number of hydrogen-bond acceptors (Lipinski definition) is 8. The van der Waals surface area contributed by atoms with Crippen molar-refractivity contribution in [3.63, 3.8) is 0 Å². The zero-order chi connectivity index (χ0) is 31.4. The summed E-state index contributed by atoms with van der Waals surface area (Å²) in [4.78, 5) is 30.2. The molecule has 3 aliphatic rings. The molecule has 0 spiro atoms. The van der Waals surface area contributed by atoms with Crippen LogP contribution < -0.4 is 30.1 Å². The lowest BCUT2D eigenvalue weighted by molar-refractivity contribution is -0.119. The maximum atomic E-state index is 14.2. The first-order valence-corrected chi connectivity index (χ1v) is 15.7. The third kappa shape index (κ3) is 5.11. The summed E-state index contributed by atoms with van der Waals surface area (Å²) in [7, 11) is -0.844. The van der Waals surface area contributed by atoms with E-state index in [0.717, 1.165) is 11.3 Å². The molecule has 2 unspecified atom stereocenters. The molecule has 0 saturated heterocycles. The van der Waals surface area contributed by atoms with Gasteiger partial charge in [0.05, 0.1) is 24.7 Å². The summed E-state index contributed by atoms with van der Waals surface area (Å²) >= 11 is 0. The minimum absolute atomic E-state index is 0.0403. The second kappa shape index (κ2) is 10.8. The number of primary sulfonamides is 1. The van der Waals surface area contributed by atoms with Gasteiger partial charge in [-0.2, -0.15) is 0 Å². The van der Waals surface area contributed by atoms with Crippen LogP contribution in [-0.2, 0) is 19.6 Å². The number of carbonyl (C=O) groups is 2. The summed E-state index contributed by atoms with van der Waals surface area (Å²) in [6.07, 6.45) is 0.275. The van der Waals surface area contributed by atoms with Crippen LogP contribution in [0.4, 0.5) is 5.69 Å². The molecule has 0 aromatic heterocycles. The fourth-order valence-corrected chi connectivity index (χ4v) is 6.89. The number of anilines is 1. The molecule has 0 bridgehead atoms. The average molecular weight is 615 g/mol. The number of ketones is 1. The average Bonchev–Trinajstić information content (AvgIpc) is 2.99. The van der Waals surface area contributed by atoms with Gasteiger partial charge in [-0.25, -0.2) is 13.6 Å². The summed E-state index contributed by atoms with van der Waals surface area (Å²) < 4.78 is 35.2. The molecule has 0 radical (unpaired) electrons. The van der Waals surface area contributed by atoms with Gasteiger partial charge in [-0.1, -0.05) is 50.2 Å². The van der Waals surface area contributed by atoms with Gasteiger partial charge in [0, 0.05) is 29.3 Å². The summed E-state index contributed by atoms with van der Waals surface area (Å²) in [6, 6.07) is 21.1. The van der Waals surface area contributed by atoms with E-state index in [1.807, 2.05) is 55.1 Å². The van der Waals surface area contributed by atoms with Gasteiger partial charge < -0.3 is 20.1 Å². The Morgan fingerprint density at radius 3 is 2.16 bits per heavy atom. The first kappa shape index (κ1) is 29.5. The molecular formula is C33H34N4O6S. The van der Waals surface area contributed by atoms with E-state index in [9.17, 15) is 18.0 Å². The summed E-state index contributed by atoms with van der Waals surface area (Å²) in [6.45, 7) is 4.08. The lowest BCUT2D eigenvalue weighted by atomic mass is 9.68. The highest BCUT2D eigenvalue weighted by atomic mass is 32.2. The minimum Gasteiger partial charge on any atom is -0.493 e. The van der Waals surface area contributed by atoms with E-state index < -0.39 is 22.1 Å². The second-order valence-electron chi connectivity index (χ2n) is 11.9. The van der Waals surface area contributed by atoms with Crippen molar-refractivity contribution in [1.82, 2.24) is 10.6 Å². The van der Waals surface area contributed by atoms with Gasteiger partial charge >= 0.3 is 0 Å². The van der Waals surface area contributed by atoms with Gasteiger partial charge in [0.1, 0.15) is 12.0 Å². The number of allylic oxidation sites excluding steroid dienone is 2. The van der Waals surface area contributed by atoms with E-state index in [4.69, 9.17) is 14.6 Å². The van der Waals surface area contributed by atoms with Crippen LogP contribution in [0, 0.1) is 5.41 Å². The van der Waals surface area contributed by atoms with Crippen LogP contribution in [0.5, 0.6) is 11.5 Å². The highest BCUT2D eigenvalue weighted by Crippen LogP contribution is 2.52. The predicted octanol–water partition coefficient (Wildman–Crippen LogP) is 4.23. The van der Waals surface area contributed by atoms with Crippen molar-refractivity contribution in [2.75, 3.05) is 19.1 Å². The minimum atomic E-state index is -3.93. The second-order valence-corrected chi connectivity index (χ2v) is 13.5. The Hall–Kier alpha value is -4.61. The Morgan fingerprint density at radius 1 is 0.841 bits per heavy atom. The Kier molecular flexibility index (Phi) is 7.25. The Morgan fingerprint density at radius 2 is 1.52 bits per heavy atom. The van der Waals surface area contributed by atoms with Crippen molar-refractivity contribution >= 4 is 27.4 Å². The number of methoxy groups -OCH3 is 2. The van der Waals surface area contributed by atoms with Crippen LogP contribution in [0.1, 0.15) is 49.9 Å². The number of nitrogens with one attached hydrogen (secondary N) is 2. The number of benzene rings is 3. The largest absolute Gasteiger partial charge is 0.493 e. The molecule has 0 fully saturated rings. The van der Waals surface area contributed by atoms with Crippen molar-refractivity contribution in [3.8, 4) is 11.5 Å². The number of sulfonamides is 1. The third-order valence-electron chi connectivity index (χ3n) is 8.32. The number of nitrogens with two attached hydrogens (primary N) is 1. The molecule has 44 heavy (non-hydrogen) atoms. The highest BCUT2D eigenvalue weighted by Gasteiger charge is 2.48. The van der Waals surface area contributed by atoms with E-state index >= 15 is 0 Å². The molecule has 2 aliphatic heterocycles. The lowest BCUT2D eigenvalue weighted by Gasteiger charge is -2.48. The topological polar surface area (TPSA) is 140 Å². The molecule has 3 aromatic rings. The van der Waals surface area contributed by atoms with Crippen LogP contribution in [0.15, 0.2) is 100 Å². The fourth-order valence-electron chi connectivity index (χ4n) is 6.38. The number of ether oxygens (including phenoxy) is 2. The number of nitrogens with zero attached hydrogens (tertiary/aromatic N) is 1. The first-order chi connectivity index (χ1) is 20.9. The molecule has 11 heteroatoms. The molecule has 2 heterocycles. The molecule has 1 amide bonds. The standard InChI is InChI=1S/C33H34N4O6S/c1-33(2)17-23-28(24(38)18-33)27(20-10-15-25(42-3)26(16-20)43-4)29-31(35-30(36-32(29)39)19-8-6-5-7-9-19)37(23)21-11-13-22(14-12-21)44(34,40)41/h5-16,27,30,35H,17-18H2,1-4H3,(H,36,39)(H2,34,40,41). The van der Waals surface area contributed by atoms with E-state index in [0.29, 0.717) is 52.6 Å². The van der Waals surface area contributed by atoms with Gasteiger partial charge in [0.25, 0.3) is 5.91 Å². The maximum Gasteiger partial charge on any atom is 0.253 e. The third-order valence-corrected chi connectivity index (χ3v) is 9.25. The smallest absolute Gasteiger partial charge is 0.253 e. The quantitative estimate of drug-likeness (QED) is 0.375. The number of hydrogen-bond donors (Lipinski definition) is 3. The predicted molar refractivity (Wildman–Crippen MR) is 165 cm³/mol. The lowest BCUT2D eigenvalue weighted by Crippen LogP contribution is -2.53. The van der Waals surface area contributed by atoms with Gasteiger partial charge in [-0.3, -0.25) is 14.5 Å². The molecule has 228 valence electrons. The molecule has 0 saturated carbocycles. The van der Waals surface area contributed by atoms with E-state index in [-0.39, 0.29) is 22.0 Å². The van der Waals surface area contributed by atoms with Crippen molar-refractivity contribution in [2.24, 2.45) is 10.6 Å². The monoisotopic (exact) mass is 614 g/mol. The number of carbonyl (C=O) groups excluding carboxylic acids is 2. The molecular weight excluding hydrogens is 580 g/mol. The summed E-state index contributed by atoms with van der Waals surface area (Å²) in [5.41, 5.74) is 3.39. The first-order valence-electron chi connectivity index (χ1n) is 14.2. The Bertz CT molecular complexity index is 1830. The zero-order valence-corrected chi connectivity index (χ0v) is 25.7. The summed E-state index contributed by atoms with van der Waals surface area (Å²) in [5.74, 6) is 0.417. The van der Waals surface area contributed by atoms with Gasteiger partial charge in [0.2, 0.25) is 10.0 Å². The van der Waals surface area contributed by atoms with Crippen molar-refractivity contribution < 1.29 is 27.5 Å². The van der Waals surface area contributed by atoms with E-state index in [1.165, 1.54) is 12.1 Å². The van der Waals surface area contributed by atoms with E-state index in [1.54, 1.807) is 38.5 Å². The molecule has 4 N–H and O–H groups in total. The Balaban J connectivity index is 1.62. The number of amides is 1. The molecule has 2 atom stereocenters. The van der Waals surface area contributed by atoms with E-state index in [2.05, 4.69) is 10.6 Å². The van der Waals surface area contributed by atoms with Crippen molar-refractivity contribution in [3.05, 3.63) is 107 Å². The number of rotatable bonds is 6. The zero-order valence-electron chi connectivity index (χ0n) is 24.9. The molecule has 1 aliphatic carbocycles. The van der Waals surface area contributed by atoms with Gasteiger partial charge in [0.15, 0.2) is 17.3 Å². The van der Waals surface area contributed by atoms with Crippen LogP contribution in [0.3, 0.4) is 0 Å². The van der Waals surface area contributed by atoms with Gasteiger partial charge in [-0.15, -0.1) is 0 Å². The van der Waals surface area contributed by atoms with Crippen LogP contribution in [-0.4, -0.2) is 34.3 Å². The highest BCUT2D eigenvalue weighted by molar-refractivity contribution is 7.89. The SMILES string of the molecule is COc1ccc(C2C3=C(CC(C)(C)CC3=O)N(c3ccc(S(N)(=O)=O)cc3)C3=C2C(=O)NC(c2ccccc2)N3)cc1OC. The fraction of sp³-hybridized carbons (Fsp3) is 0.273. The van der Waals surface area contributed by atoms with Crippen LogP contribution >= 0.6 is 0 Å². The molecule has 10 nitrogen and oxygen atoms in total. The summed E-state index contributed by atoms with van der Waals surface area (Å²) in [5, 5.41) is 12.0. The number of Topliss-reactive ketones (excluding diaryl/α,β-unsaturated/α-hetero) is 1. The van der Waals surface area contributed by atoms with Gasteiger partial charge in [-0.05, 0) is 59.4 Å². The molecule has 6 rings (SSSR count). The van der Waals surface area contributed by atoms with Crippen molar-refractivity contribution in [2.45, 2.75) is 43.7 Å². The van der Waals surface area contributed by atoms with Crippen LogP contribution in [0.25, 0.3) is 0 Å². The normalized spacial score (nSPS) is 21.2. The molecule has 3 aromatic carbocycles. The maximum absolute atomic E-state index is 14.2. The van der Waals surface area contributed by atoms with Crippen LogP contribution in [0.2, 0.25) is 0 Å².